The molecule has 0 unspecified atom stereocenters. The van der Waals surface area contributed by atoms with E-state index in [1.165, 1.54) is 0 Å². The van der Waals surface area contributed by atoms with Gasteiger partial charge in [0.25, 0.3) is 0 Å². The van der Waals surface area contributed by atoms with Crippen LogP contribution >= 0.6 is 0 Å². The van der Waals surface area contributed by atoms with Crippen LogP contribution in [0.25, 0.3) is 0 Å². The number of aryl methyl sites for hydroxylation is 2. The van der Waals surface area contributed by atoms with Gasteiger partial charge in [0, 0.05) is 18.3 Å². The van der Waals surface area contributed by atoms with E-state index < -0.39 is 17.7 Å². The molecule has 1 aliphatic heterocycles. The highest BCUT2D eigenvalue weighted by atomic mass is 16.6. The van der Waals surface area contributed by atoms with E-state index in [1.807, 2.05) is 13.8 Å². The Hall–Kier alpha value is -2.83. The van der Waals surface area contributed by atoms with Gasteiger partial charge in [-0.25, -0.2) is 14.6 Å². The summed E-state index contributed by atoms with van der Waals surface area (Å²) >= 11 is 0. The molecule has 0 spiro atoms. The summed E-state index contributed by atoms with van der Waals surface area (Å²) in [6.45, 7) is 10.0. The number of hydrogen-bond donors (Lipinski definition) is 1. The number of esters is 1. The van der Waals surface area contributed by atoms with Crippen molar-refractivity contribution >= 4 is 17.7 Å². The highest BCUT2D eigenvalue weighted by Crippen LogP contribution is 2.26. The molecule has 1 N–H and O–H groups in total. The van der Waals surface area contributed by atoms with Crippen molar-refractivity contribution in [3.8, 4) is 5.75 Å². The fourth-order valence-electron chi connectivity index (χ4n) is 3.24. The molecule has 28 heavy (non-hydrogen) atoms. The number of anilines is 1. The molecule has 0 saturated heterocycles. The lowest BCUT2D eigenvalue weighted by molar-refractivity contribution is 0.0635. The van der Waals surface area contributed by atoms with Gasteiger partial charge >= 0.3 is 12.1 Å². The highest BCUT2D eigenvalue weighted by molar-refractivity contribution is 5.91. The fraction of sp³-hybridized carbons (Fsp3) is 0.476. The predicted molar refractivity (Wildman–Crippen MR) is 106 cm³/mol. The third kappa shape index (κ3) is 4.52. The van der Waals surface area contributed by atoms with Gasteiger partial charge in [0.15, 0.2) is 5.69 Å². The topological polar surface area (TPSA) is 82.4 Å². The predicted octanol–water partition coefficient (Wildman–Crippen LogP) is 4.40. The Morgan fingerprint density at radius 2 is 1.93 bits per heavy atom. The largest absolute Gasteiger partial charge is 0.444 e. The van der Waals surface area contributed by atoms with Gasteiger partial charge in [0.2, 0.25) is 0 Å². The van der Waals surface area contributed by atoms with Gasteiger partial charge in [-0.05, 0) is 65.5 Å². The minimum absolute atomic E-state index is 0.377. The summed E-state index contributed by atoms with van der Waals surface area (Å²) in [6, 6.07) is 5.13. The summed E-state index contributed by atoms with van der Waals surface area (Å²) in [5, 5.41) is 2.66. The average Bonchev–Trinajstić information content (AvgIpc) is 2.94. The van der Waals surface area contributed by atoms with E-state index in [0.29, 0.717) is 17.1 Å². The Labute approximate surface area is 165 Å². The number of carbonyl (C=O) groups excluding carboxylic acids is 2. The van der Waals surface area contributed by atoms with E-state index in [-0.39, 0.29) is 0 Å². The Balaban J connectivity index is 1.77. The van der Waals surface area contributed by atoms with Crippen LogP contribution in [0.3, 0.4) is 0 Å². The number of nitrogens with zero attached hydrogens (tertiary/aromatic N) is 2. The lowest BCUT2D eigenvalue weighted by Crippen LogP contribution is -2.27. The highest BCUT2D eigenvalue weighted by Gasteiger charge is 2.25. The molecule has 7 nitrogen and oxygen atoms in total. The average molecular weight is 385 g/mol. The molecule has 0 radical (unpaired) electrons. The number of aromatic nitrogens is 2. The molecule has 1 aliphatic rings. The Bertz CT molecular complexity index is 909. The Kier molecular flexibility index (Phi) is 5.45. The van der Waals surface area contributed by atoms with E-state index in [9.17, 15) is 9.59 Å². The summed E-state index contributed by atoms with van der Waals surface area (Å²) < 4.78 is 13.0. The molecule has 0 fully saturated rings. The fourth-order valence-corrected chi connectivity index (χ4v) is 3.24. The number of benzene rings is 1. The van der Waals surface area contributed by atoms with Gasteiger partial charge in [-0.15, -0.1) is 0 Å². The van der Waals surface area contributed by atoms with Crippen LogP contribution in [0.1, 0.15) is 61.2 Å². The van der Waals surface area contributed by atoms with Crippen molar-refractivity contribution in [1.29, 1.82) is 0 Å². The second kappa shape index (κ2) is 7.66. The molecule has 0 bridgehead atoms. The monoisotopic (exact) mass is 385 g/mol. The van der Waals surface area contributed by atoms with Gasteiger partial charge in [0.1, 0.15) is 17.2 Å². The Morgan fingerprint density at radius 1 is 1.18 bits per heavy atom. The second-order valence-corrected chi connectivity index (χ2v) is 8.06. The van der Waals surface area contributed by atoms with E-state index in [1.54, 1.807) is 39.0 Å². The number of carbonyl (C=O) groups is 2. The summed E-state index contributed by atoms with van der Waals surface area (Å²) in [4.78, 5) is 29.2. The first-order valence-corrected chi connectivity index (χ1v) is 9.53. The minimum Gasteiger partial charge on any atom is -0.444 e. The van der Waals surface area contributed by atoms with Gasteiger partial charge in [-0.3, -0.25) is 5.32 Å². The van der Waals surface area contributed by atoms with Crippen LogP contribution in [0.4, 0.5) is 10.5 Å². The molecule has 0 atom stereocenters. The van der Waals surface area contributed by atoms with Crippen LogP contribution in [0.2, 0.25) is 0 Å². The second-order valence-electron chi connectivity index (χ2n) is 8.06. The molecule has 1 amide bonds. The van der Waals surface area contributed by atoms with E-state index >= 15 is 0 Å². The first kappa shape index (κ1) is 19.9. The molecule has 2 aromatic rings. The van der Waals surface area contributed by atoms with Gasteiger partial charge in [-0.1, -0.05) is 6.07 Å². The molecule has 0 saturated carbocycles. The molecule has 7 heteroatoms. The summed E-state index contributed by atoms with van der Waals surface area (Å²) in [6.07, 6.45) is 2.40. The van der Waals surface area contributed by atoms with Crippen molar-refractivity contribution in [2.75, 3.05) is 5.32 Å². The van der Waals surface area contributed by atoms with Crippen LogP contribution in [-0.2, 0) is 17.7 Å². The van der Waals surface area contributed by atoms with Crippen molar-refractivity contribution in [1.82, 2.24) is 9.55 Å². The number of hydrogen-bond acceptors (Lipinski definition) is 5. The van der Waals surface area contributed by atoms with Crippen LogP contribution in [0.15, 0.2) is 18.2 Å². The number of rotatable bonds is 3. The first-order chi connectivity index (χ1) is 13.1. The van der Waals surface area contributed by atoms with Crippen molar-refractivity contribution in [3.05, 3.63) is 41.0 Å². The summed E-state index contributed by atoms with van der Waals surface area (Å²) in [5.41, 5.74) is 2.00. The molecule has 150 valence electrons. The molecule has 0 aliphatic carbocycles. The quantitative estimate of drug-likeness (QED) is 0.625. The lowest BCUT2D eigenvalue weighted by Gasteiger charge is -2.20. The third-order valence-corrected chi connectivity index (χ3v) is 4.54. The standard InChI is InChI=1S/C21H27N3O4/c1-13-9-10-15(23-20(26)28-21(3,4)5)12-17(13)27-19(25)18-16-8-6-7-11-24(16)14(2)22-18/h9-10,12H,6-8,11H2,1-5H3,(H,23,26). The summed E-state index contributed by atoms with van der Waals surface area (Å²) in [7, 11) is 0. The number of nitrogens with one attached hydrogen (secondary N) is 1. The van der Waals surface area contributed by atoms with Crippen molar-refractivity contribution in [2.45, 2.75) is 66.0 Å². The van der Waals surface area contributed by atoms with Gasteiger partial charge < -0.3 is 14.0 Å². The number of imidazole rings is 1. The van der Waals surface area contributed by atoms with E-state index in [0.717, 1.165) is 42.9 Å². The van der Waals surface area contributed by atoms with Crippen LogP contribution in [0.5, 0.6) is 5.75 Å². The third-order valence-electron chi connectivity index (χ3n) is 4.54. The lowest BCUT2D eigenvalue weighted by atomic mass is 10.1. The van der Waals surface area contributed by atoms with E-state index in [4.69, 9.17) is 9.47 Å². The zero-order chi connectivity index (χ0) is 20.5. The van der Waals surface area contributed by atoms with Crippen molar-refractivity contribution < 1.29 is 19.1 Å². The summed E-state index contributed by atoms with van der Waals surface area (Å²) in [5.74, 6) is 0.740. The zero-order valence-electron chi connectivity index (χ0n) is 17.1. The molecule has 3 rings (SSSR count). The van der Waals surface area contributed by atoms with Crippen LogP contribution in [0, 0.1) is 13.8 Å². The van der Waals surface area contributed by atoms with Crippen molar-refractivity contribution in [3.63, 3.8) is 0 Å². The van der Waals surface area contributed by atoms with Crippen molar-refractivity contribution in [2.24, 2.45) is 0 Å². The first-order valence-electron chi connectivity index (χ1n) is 9.53. The number of ether oxygens (including phenoxy) is 2. The molecule has 1 aromatic heterocycles. The maximum atomic E-state index is 12.8. The van der Waals surface area contributed by atoms with Gasteiger partial charge in [-0.2, -0.15) is 0 Å². The maximum absolute atomic E-state index is 12.8. The van der Waals surface area contributed by atoms with E-state index in [2.05, 4.69) is 14.9 Å². The smallest absolute Gasteiger partial charge is 0.412 e. The van der Waals surface area contributed by atoms with Crippen LogP contribution in [-0.4, -0.2) is 27.2 Å². The van der Waals surface area contributed by atoms with Gasteiger partial charge in [0.05, 0.1) is 5.69 Å². The molecular formula is C21H27N3O4. The number of fused-ring (bicyclic) bond motifs is 1. The van der Waals surface area contributed by atoms with Crippen LogP contribution < -0.4 is 10.1 Å². The minimum atomic E-state index is -0.595. The zero-order valence-corrected chi connectivity index (χ0v) is 17.1. The molecule has 2 heterocycles. The number of amides is 1. The molecule has 1 aromatic carbocycles. The maximum Gasteiger partial charge on any atom is 0.412 e. The SMILES string of the molecule is Cc1ccc(NC(=O)OC(C)(C)C)cc1OC(=O)c1nc(C)n2c1CCCC2. The Morgan fingerprint density at radius 3 is 2.64 bits per heavy atom. The molecular weight excluding hydrogens is 358 g/mol. The normalized spacial score (nSPS) is 13.6.